The Morgan fingerprint density at radius 3 is 2.65 bits per heavy atom. The predicted molar refractivity (Wildman–Crippen MR) is 130 cm³/mol. The minimum atomic E-state index is -3.90. The molecule has 0 radical (unpaired) electrons. The van der Waals surface area contributed by atoms with Crippen molar-refractivity contribution < 1.29 is 22.7 Å². The second-order valence-corrected chi connectivity index (χ2v) is 9.74. The Morgan fingerprint density at radius 1 is 1.03 bits per heavy atom. The summed E-state index contributed by atoms with van der Waals surface area (Å²) >= 11 is 5.92. The number of nitrogens with one attached hydrogen (secondary N) is 2. The van der Waals surface area contributed by atoms with Crippen LogP contribution in [0.3, 0.4) is 0 Å². The molecular formula is C24H22ClN3O5S. The molecule has 0 aromatic heterocycles. The van der Waals surface area contributed by atoms with Gasteiger partial charge in [-0.15, -0.1) is 0 Å². The monoisotopic (exact) mass is 499 g/mol. The highest BCUT2D eigenvalue weighted by atomic mass is 35.5. The molecule has 176 valence electrons. The van der Waals surface area contributed by atoms with Crippen molar-refractivity contribution >= 4 is 38.9 Å². The number of halogens is 1. The van der Waals surface area contributed by atoms with Crippen LogP contribution in [0.25, 0.3) is 0 Å². The molecule has 4 rings (SSSR count). The predicted octanol–water partition coefficient (Wildman–Crippen LogP) is 4.61. The second-order valence-electron chi connectivity index (χ2n) is 7.62. The van der Waals surface area contributed by atoms with Crippen molar-refractivity contribution in [3.8, 4) is 11.5 Å². The van der Waals surface area contributed by atoms with Crippen LogP contribution >= 0.6 is 11.6 Å². The molecule has 0 saturated heterocycles. The number of carbonyl (C=O) groups excluding carboxylic acids is 1. The van der Waals surface area contributed by atoms with Crippen molar-refractivity contribution in [3.63, 3.8) is 0 Å². The first-order chi connectivity index (χ1) is 16.3. The van der Waals surface area contributed by atoms with Crippen molar-refractivity contribution in [1.29, 1.82) is 0 Å². The first kappa shape index (κ1) is 23.6. The van der Waals surface area contributed by atoms with Gasteiger partial charge in [0, 0.05) is 16.3 Å². The maximum Gasteiger partial charge on any atom is 0.271 e. The van der Waals surface area contributed by atoms with Crippen molar-refractivity contribution in [2.45, 2.75) is 24.7 Å². The molecule has 3 aromatic carbocycles. The van der Waals surface area contributed by atoms with E-state index in [2.05, 4.69) is 15.2 Å². The number of amides is 1. The number of hydrogen-bond donors (Lipinski definition) is 2. The molecule has 8 nitrogen and oxygen atoms in total. The quantitative estimate of drug-likeness (QED) is 0.348. The van der Waals surface area contributed by atoms with Crippen LogP contribution in [0.1, 0.15) is 29.3 Å². The maximum absolute atomic E-state index is 12.7. The van der Waals surface area contributed by atoms with Gasteiger partial charge in [-0.3, -0.25) is 9.52 Å². The lowest BCUT2D eigenvalue weighted by atomic mass is 10.1. The standard InChI is InChI=1S/C24H22ClN3O5S/c1-16(8-9-17-10-11-22-23(12-17)33-15-32-22)26-27-24(29)18-4-2-7-21(13-18)34(30,31)28-20-6-3-5-19(25)14-20/h2-7,10-14,28H,8-9,15H2,1H3,(H,27,29)/b26-16+. The Hall–Kier alpha value is -3.56. The summed E-state index contributed by atoms with van der Waals surface area (Å²) in [5.74, 6) is 0.940. The van der Waals surface area contributed by atoms with Crippen LogP contribution in [-0.4, -0.2) is 26.8 Å². The van der Waals surface area contributed by atoms with Crippen LogP contribution < -0.4 is 19.6 Å². The molecule has 0 spiro atoms. The van der Waals surface area contributed by atoms with E-state index in [4.69, 9.17) is 21.1 Å². The van der Waals surface area contributed by atoms with E-state index in [0.717, 1.165) is 22.8 Å². The molecule has 1 heterocycles. The Morgan fingerprint density at radius 2 is 1.82 bits per heavy atom. The SMILES string of the molecule is C/C(CCc1ccc2c(c1)OCO2)=N\NC(=O)c1cccc(S(=O)(=O)Nc2cccc(Cl)c2)c1. The van der Waals surface area contributed by atoms with Crippen molar-refractivity contribution in [3.05, 3.63) is 82.9 Å². The Kier molecular flexibility index (Phi) is 7.04. The van der Waals surface area contributed by atoms with Crippen LogP contribution in [0.2, 0.25) is 5.02 Å². The van der Waals surface area contributed by atoms with Gasteiger partial charge in [-0.1, -0.05) is 29.8 Å². The van der Waals surface area contributed by atoms with Crippen molar-refractivity contribution in [2.75, 3.05) is 11.5 Å². The number of nitrogens with zero attached hydrogens (tertiary/aromatic N) is 1. The van der Waals surface area contributed by atoms with Crippen LogP contribution in [0, 0.1) is 0 Å². The van der Waals surface area contributed by atoms with Gasteiger partial charge < -0.3 is 9.47 Å². The number of fused-ring (bicyclic) bond motifs is 1. The molecule has 1 aliphatic heterocycles. The summed E-state index contributed by atoms with van der Waals surface area (Å²) in [7, 11) is -3.90. The van der Waals surface area contributed by atoms with E-state index in [9.17, 15) is 13.2 Å². The lowest BCUT2D eigenvalue weighted by Gasteiger charge is -2.09. The van der Waals surface area contributed by atoms with Crippen molar-refractivity contribution in [2.24, 2.45) is 5.10 Å². The third-order valence-corrected chi connectivity index (χ3v) is 6.66. The Balaban J connectivity index is 1.37. The first-order valence-electron chi connectivity index (χ1n) is 10.4. The van der Waals surface area contributed by atoms with Crippen LogP contribution in [-0.2, 0) is 16.4 Å². The molecule has 1 amide bonds. The average molecular weight is 500 g/mol. The molecule has 1 aliphatic rings. The Bertz CT molecular complexity index is 1360. The largest absolute Gasteiger partial charge is 0.454 e. The molecule has 34 heavy (non-hydrogen) atoms. The van der Waals surface area contributed by atoms with Crippen LogP contribution in [0.5, 0.6) is 11.5 Å². The molecule has 10 heteroatoms. The number of hydrogen-bond acceptors (Lipinski definition) is 6. The number of ether oxygens (including phenoxy) is 2. The van der Waals surface area contributed by atoms with Gasteiger partial charge in [-0.25, -0.2) is 13.8 Å². The lowest BCUT2D eigenvalue weighted by Crippen LogP contribution is -2.20. The molecule has 0 fully saturated rings. The van der Waals surface area contributed by atoms with Crippen molar-refractivity contribution in [1.82, 2.24) is 5.43 Å². The third-order valence-electron chi connectivity index (χ3n) is 5.04. The number of rotatable bonds is 8. The maximum atomic E-state index is 12.7. The molecule has 0 aliphatic carbocycles. The third kappa shape index (κ3) is 5.86. The van der Waals surface area contributed by atoms with Crippen LogP contribution in [0.4, 0.5) is 5.69 Å². The minimum Gasteiger partial charge on any atom is -0.454 e. The van der Waals surface area contributed by atoms with Gasteiger partial charge >= 0.3 is 0 Å². The number of sulfonamides is 1. The zero-order valence-electron chi connectivity index (χ0n) is 18.2. The summed E-state index contributed by atoms with van der Waals surface area (Å²) < 4.78 is 38.6. The zero-order valence-corrected chi connectivity index (χ0v) is 19.8. The molecular weight excluding hydrogens is 478 g/mol. The number of hydrazone groups is 1. The summed E-state index contributed by atoms with van der Waals surface area (Å²) in [4.78, 5) is 12.5. The van der Waals surface area contributed by atoms with E-state index >= 15 is 0 Å². The number of aryl methyl sites for hydroxylation is 1. The van der Waals surface area contributed by atoms with Gasteiger partial charge in [-0.2, -0.15) is 5.10 Å². The topological polar surface area (TPSA) is 106 Å². The summed E-state index contributed by atoms with van der Waals surface area (Å²) in [5.41, 5.74) is 4.76. The molecule has 0 unspecified atom stereocenters. The molecule has 0 saturated carbocycles. The fourth-order valence-electron chi connectivity index (χ4n) is 3.26. The number of anilines is 1. The fraction of sp³-hybridized carbons (Fsp3) is 0.167. The first-order valence-corrected chi connectivity index (χ1v) is 12.3. The van der Waals surface area contributed by atoms with Gasteiger partial charge in [0.25, 0.3) is 15.9 Å². The van der Waals surface area contributed by atoms with E-state index in [0.29, 0.717) is 23.6 Å². The summed E-state index contributed by atoms with van der Waals surface area (Å²) in [6, 6.07) is 17.8. The summed E-state index contributed by atoms with van der Waals surface area (Å²) in [6.07, 6.45) is 1.34. The average Bonchev–Trinajstić information content (AvgIpc) is 3.29. The highest BCUT2D eigenvalue weighted by Gasteiger charge is 2.17. The lowest BCUT2D eigenvalue weighted by molar-refractivity contribution is 0.0954. The summed E-state index contributed by atoms with van der Waals surface area (Å²) in [5, 5.41) is 4.54. The molecule has 3 aromatic rings. The van der Waals surface area contributed by atoms with Gasteiger partial charge in [0.05, 0.1) is 10.6 Å². The van der Waals surface area contributed by atoms with E-state index in [1.165, 1.54) is 30.3 Å². The Labute approximate surface area is 202 Å². The van der Waals surface area contributed by atoms with E-state index in [1.807, 2.05) is 25.1 Å². The molecule has 2 N–H and O–H groups in total. The molecule has 0 bridgehead atoms. The summed E-state index contributed by atoms with van der Waals surface area (Å²) in [6.45, 7) is 2.04. The van der Waals surface area contributed by atoms with Gasteiger partial charge in [0.2, 0.25) is 6.79 Å². The zero-order chi connectivity index (χ0) is 24.1. The van der Waals surface area contributed by atoms with Gasteiger partial charge in [0.15, 0.2) is 11.5 Å². The van der Waals surface area contributed by atoms with Gasteiger partial charge in [0.1, 0.15) is 0 Å². The second kappa shape index (κ2) is 10.1. The molecule has 0 atom stereocenters. The van der Waals surface area contributed by atoms with Crippen LogP contribution in [0.15, 0.2) is 76.7 Å². The highest BCUT2D eigenvalue weighted by molar-refractivity contribution is 7.92. The van der Waals surface area contributed by atoms with Gasteiger partial charge in [-0.05, 0) is 73.9 Å². The van der Waals surface area contributed by atoms with E-state index in [-0.39, 0.29) is 17.3 Å². The number of carbonyl (C=O) groups is 1. The van der Waals surface area contributed by atoms with E-state index < -0.39 is 15.9 Å². The van der Waals surface area contributed by atoms with E-state index in [1.54, 1.807) is 18.2 Å². The normalized spacial score (nSPS) is 12.9. The smallest absolute Gasteiger partial charge is 0.271 e. The highest BCUT2D eigenvalue weighted by Crippen LogP contribution is 2.32. The number of benzene rings is 3. The fourth-order valence-corrected chi connectivity index (χ4v) is 4.54. The minimum absolute atomic E-state index is 0.0522.